The maximum atomic E-state index is 12.7. The molecule has 1 radical (unpaired) electrons. The third kappa shape index (κ3) is 11.8. The topological polar surface area (TPSA) is 307 Å². The zero-order valence-electron chi connectivity index (χ0n) is 52.4. The molecule has 0 aromatic carbocycles. The first-order valence-corrected chi connectivity index (χ1v) is 39.9. The fraction of sp³-hybridized carbons (Fsp3) is 1.00. The van der Waals surface area contributed by atoms with Crippen LogP contribution in [0.4, 0.5) is 0 Å². The summed E-state index contributed by atoms with van der Waals surface area (Å²) in [7, 11) is -8.81. The van der Waals surface area contributed by atoms with Crippen LogP contribution in [0.25, 0.3) is 0 Å². The van der Waals surface area contributed by atoms with E-state index in [1.165, 1.54) is 154 Å². The third-order valence-electron chi connectivity index (χ3n) is 28.4. The molecule has 10 saturated heterocycles. The summed E-state index contributed by atoms with van der Waals surface area (Å²) in [6, 6.07) is 0. The monoisotopic (exact) mass is 1320 g/mol. The molecular weight excluding hydrogens is 1210 g/mol. The van der Waals surface area contributed by atoms with E-state index in [9.17, 15) is 25.9 Å². The Labute approximate surface area is 541 Å². The molecule has 0 spiro atoms. The predicted molar refractivity (Wildman–Crippen MR) is 332 cm³/mol. The van der Waals surface area contributed by atoms with Gasteiger partial charge in [0.1, 0.15) is 0 Å². The zero-order valence-corrected chi connectivity index (χ0v) is 55.1. The summed E-state index contributed by atoms with van der Waals surface area (Å²) in [6.07, 6.45) is 37.0. The summed E-state index contributed by atoms with van der Waals surface area (Å²) in [5.74, 6) is 6.67. The van der Waals surface area contributed by atoms with Gasteiger partial charge in [0.25, 0.3) is 0 Å². The first-order valence-electron chi connectivity index (χ1n) is 36.9. The van der Waals surface area contributed by atoms with E-state index in [0.717, 1.165) is 25.7 Å². The van der Waals surface area contributed by atoms with Crippen LogP contribution in [-0.4, -0.2) is 135 Å². The van der Waals surface area contributed by atoms with Gasteiger partial charge in [-0.05, 0) is 186 Å². The van der Waals surface area contributed by atoms with Crippen LogP contribution < -0.4 is 85.1 Å². The van der Waals surface area contributed by atoms with Crippen LogP contribution >= 0.6 is 0 Å². The smallest absolute Gasteiger partial charge is 0.748 e. The Morgan fingerprint density at radius 3 is 0.483 bits per heavy atom. The van der Waals surface area contributed by atoms with E-state index >= 15 is 0 Å². The van der Waals surface area contributed by atoms with E-state index in [4.69, 9.17) is 0 Å². The molecule has 0 amide bonds. The molecule has 34 atom stereocenters. The third-order valence-corrected chi connectivity index (χ3v) is 31.0. The van der Waals surface area contributed by atoms with Gasteiger partial charge in [0.15, 0.2) is 0 Å². The molecule has 16 N–H and O–H groups in total. The maximum Gasteiger partial charge on any atom is 2.00 e. The number of fused-ring (bicyclic) bond motifs is 40. The van der Waals surface area contributed by atoms with E-state index in [-0.39, 0.29) is 127 Å². The van der Waals surface area contributed by atoms with Crippen LogP contribution in [0.5, 0.6) is 0 Å². The molecule has 0 aromatic heterocycles. The van der Waals surface area contributed by atoms with E-state index < -0.39 is 30.7 Å². The van der Waals surface area contributed by atoms with E-state index in [1.807, 2.05) is 0 Å². The zero-order chi connectivity index (χ0) is 59.2. The van der Waals surface area contributed by atoms with Crippen molar-refractivity contribution in [1.29, 1.82) is 0 Å². The fourth-order valence-electron chi connectivity index (χ4n) is 24.7. The Morgan fingerprint density at radius 2 is 0.326 bits per heavy atom. The minimum Gasteiger partial charge on any atom is -0.748 e. The van der Waals surface area contributed by atoms with Crippen molar-refractivity contribution in [3.63, 3.8) is 0 Å². The van der Waals surface area contributed by atoms with Crippen molar-refractivity contribution in [2.75, 3.05) is 0 Å². The van der Waals surface area contributed by atoms with Crippen LogP contribution in [0.3, 0.4) is 0 Å². The van der Waals surface area contributed by atoms with Gasteiger partial charge in [0.05, 0.1) is 129 Å². The van der Waals surface area contributed by atoms with E-state index in [1.54, 1.807) is 0 Å². The molecule has 8 aliphatic carbocycles. The first kappa shape index (κ1) is 63.4. The second-order valence-corrected chi connectivity index (χ2v) is 35.6. The van der Waals surface area contributed by atoms with Crippen molar-refractivity contribution in [1.82, 2.24) is 85.1 Å². The minimum absolute atomic E-state index is 0. The van der Waals surface area contributed by atoms with Crippen molar-refractivity contribution < 1.29 is 42.7 Å². The number of hydrogen-bond acceptors (Lipinski definition) is 22. The molecule has 18 aliphatic rings. The van der Waals surface area contributed by atoms with Crippen LogP contribution in [-0.2, 0) is 37.0 Å². The van der Waals surface area contributed by atoms with Crippen molar-refractivity contribution in [3.05, 3.63) is 0 Å². The largest absolute Gasteiger partial charge is 2.00 e. The molecule has 18 fully saturated rings. The van der Waals surface area contributed by atoms with E-state index in [2.05, 4.69) is 85.1 Å². The molecule has 16 bridgehead atoms. The second-order valence-electron chi connectivity index (χ2n) is 32.4. The second kappa shape index (κ2) is 25.8. The molecule has 89 heavy (non-hydrogen) atoms. The Morgan fingerprint density at radius 1 is 0.191 bits per heavy atom. The number of rotatable bonds is 2. The summed E-state index contributed by atoms with van der Waals surface area (Å²) in [5.41, 5.74) is 0. The van der Waals surface area contributed by atoms with Crippen molar-refractivity contribution in [2.24, 2.45) is 94.7 Å². The number of hydrogen-bond donors (Lipinski definition) is 16. The van der Waals surface area contributed by atoms with Gasteiger partial charge in [0, 0.05) is 11.8 Å². The fourth-order valence-corrected chi connectivity index (χ4v) is 27.1. The van der Waals surface area contributed by atoms with Gasteiger partial charge in [-0.3, -0.25) is 85.1 Å². The van der Waals surface area contributed by atoms with Crippen LogP contribution in [0.15, 0.2) is 0 Å². The summed E-state index contributed by atoms with van der Waals surface area (Å²) in [5, 5.41) is 63.1. The number of nitrogens with one attached hydrogen (secondary N) is 16. The predicted octanol–water partition coefficient (Wildman–Crippen LogP) is 2.26. The normalized spacial score (nSPS) is 54.9. The minimum atomic E-state index is -4.41. The quantitative estimate of drug-likeness (QED) is 0.176. The Kier molecular flexibility index (Phi) is 18.4. The molecule has 8 saturated carbocycles. The van der Waals surface area contributed by atoms with Gasteiger partial charge in [-0.25, -0.2) is 16.8 Å². The molecule has 0 aromatic rings. The van der Waals surface area contributed by atoms with Gasteiger partial charge < -0.3 is 9.11 Å². The maximum absolute atomic E-state index is 12.7. The molecule has 18 rings (SSSR count). The van der Waals surface area contributed by atoms with Gasteiger partial charge in [-0.15, -0.1) is 0 Å². The van der Waals surface area contributed by atoms with Crippen LogP contribution in [0.1, 0.15) is 193 Å². The average Bonchev–Trinajstić information content (AvgIpc) is 1.68. The summed E-state index contributed by atoms with van der Waals surface area (Å²) in [4.78, 5) is 0. The van der Waals surface area contributed by atoms with Gasteiger partial charge in [-0.2, -0.15) is 0 Å². The Bertz CT molecular complexity index is 2540. The molecule has 34 unspecified atom stereocenters. The molecule has 10 heterocycles. The van der Waals surface area contributed by atoms with Crippen LogP contribution in [0, 0.1) is 94.7 Å². The SMILES string of the molecule is O=S(=O)([O-])C1CCCC2C3NC4NC(NC5NC(NC6NC(NC(N3)C21)C1CCCCC61)C1CCCCC51)C1CCCCC41.O=S(=O)([O-])C1CCCC2C3NC4NC(NC5NC(NC6NC(NC(N3)C21)C1CCCCC61)C1CCCCC51)C1CCCCC41.[Co+2]. The van der Waals surface area contributed by atoms with E-state index in [0.29, 0.717) is 96.2 Å². The molecule has 10 aliphatic heterocycles. The van der Waals surface area contributed by atoms with Crippen molar-refractivity contribution in [2.45, 2.75) is 302 Å². The van der Waals surface area contributed by atoms with Gasteiger partial charge >= 0.3 is 16.8 Å². The van der Waals surface area contributed by atoms with Gasteiger partial charge in [0.2, 0.25) is 0 Å². The van der Waals surface area contributed by atoms with Crippen LogP contribution in [0.2, 0.25) is 0 Å². The first-order chi connectivity index (χ1) is 42.8. The van der Waals surface area contributed by atoms with Crippen molar-refractivity contribution in [3.8, 4) is 0 Å². The summed E-state index contributed by atoms with van der Waals surface area (Å²) >= 11 is 0. The summed E-state index contributed by atoms with van der Waals surface area (Å²) in [6.45, 7) is 0. The Balaban J connectivity index is 0.000000141. The standard InChI is InChI=1S/2C32H56N8O3S.Co/c2*41-44(42,43)23-15-7-14-22-24(23)32-39-30-21-13-6-5-12-20(21)28(37-30)35-26-17-9-2-1-8-16(17)25(33-26)34-27-18-10-3-4-11-19(18)29(36-27)38-31(22)40-32;/h2*16-40H,1-15H2,(H,41,42,43);/q;;+2/p-2. The molecule has 25 heteroatoms. The van der Waals surface area contributed by atoms with Gasteiger partial charge in [-0.1, -0.05) is 89.9 Å². The molecule has 22 nitrogen and oxygen atoms in total. The molecular formula is C64H110CoN16O6S2. The summed E-state index contributed by atoms with van der Waals surface area (Å²) < 4.78 is 76.3. The Hall–Kier alpha value is -0.314. The molecule has 503 valence electrons. The van der Waals surface area contributed by atoms with Crippen molar-refractivity contribution >= 4 is 20.2 Å². The average molecular weight is 1320 g/mol.